The molecule has 1 amide bonds. The molecule has 112 valence electrons. The lowest BCUT2D eigenvalue weighted by Crippen LogP contribution is -2.22. The van der Waals surface area contributed by atoms with E-state index in [0.717, 1.165) is 11.3 Å². The molecule has 0 spiro atoms. The fourth-order valence-corrected chi connectivity index (χ4v) is 2.24. The fraction of sp³-hybridized carbons (Fsp3) is 0.125. The average Bonchev–Trinajstić information content (AvgIpc) is 2.48. The maximum absolute atomic E-state index is 11.9. The van der Waals surface area contributed by atoms with Gasteiger partial charge in [-0.05, 0) is 42.8 Å². The van der Waals surface area contributed by atoms with Crippen LogP contribution in [0.15, 0.2) is 36.4 Å². The number of aryl methyl sites for hydroxylation is 1. The molecule has 0 bridgehead atoms. The molecule has 2 N–H and O–H groups in total. The summed E-state index contributed by atoms with van der Waals surface area (Å²) in [5.74, 6) is -0.222. The van der Waals surface area contributed by atoms with Gasteiger partial charge >= 0.3 is 0 Å². The Kier molecular flexibility index (Phi) is 5.26. The van der Waals surface area contributed by atoms with Crippen molar-refractivity contribution in [2.45, 2.75) is 6.92 Å². The van der Waals surface area contributed by atoms with Gasteiger partial charge in [0.1, 0.15) is 6.07 Å². The second kappa shape index (κ2) is 7.17. The van der Waals surface area contributed by atoms with E-state index in [0.29, 0.717) is 21.3 Å². The average molecular weight is 334 g/mol. The van der Waals surface area contributed by atoms with Crippen LogP contribution in [0.5, 0.6) is 0 Å². The number of nitrogens with one attached hydrogen (secondary N) is 2. The van der Waals surface area contributed by atoms with E-state index in [2.05, 4.69) is 10.6 Å². The summed E-state index contributed by atoms with van der Waals surface area (Å²) in [6.45, 7) is 2.02. The molecule has 0 aromatic heterocycles. The zero-order valence-electron chi connectivity index (χ0n) is 11.8. The number of rotatable bonds is 4. The number of amides is 1. The highest BCUT2D eigenvalue weighted by molar-refractivity contribution is 6.32. The Labute approximate surface area is 138 Å². The van der Waals surface area contributed by atoms with Gasteiger partial charge in [0.05, 0.1) is 17.1 Å². The van der Waals surface area contributed by atoms with Crippen molar-refractivity contribution in [3.05, 3.63) is 57.6 Å². The Morgan fingerprint density at radius 2 is 2.00 bits per heavy atom. The number of carbonyl (C=O) groups is 1. The summed E-state index contributed by atoms with van der Waals surface area (Å²) in [5.41, 5.74) is 2.71. The molecule has 0 aliphatic heterocycles. The molecular formula is C16H13Cl2N3O. The lowest BCUT2D eigenvalue weighted by molar-refractivity contribution is -0.114. The normalized spacial score (nSPS) is 9.91. The van der Waals surface area contributed by atoms with E-state index in [1.54, 1.807) is 30.3 Å². The van der Waals surface area contributed by atoms with Gasteiger partial charge in [-0.2, -0.15) is 5.26 Å². The van der Waals surface area contributed by atoms with Gasteiger partial charge in [0, 0.05) is 16.4 Å². The third kappa shape index (κ3) is 4.14. The van der Waals surface area contributed by atoms with Crippen LogP contribution in [0.2, 0.25) is 10.0 Å². The Bertz CT molecular complexity index is 754. The van der Waals surface area contributed by atoms with Crippen LogP contribution in [0.4, 0.5) is 11.4 Å². The van der Waals surface area contributed by atoms with E-state index >= 15 is 0 Å². The molecule has 0 fully saturated rings. The van der Waals surface area contributed by atoms with Gasteiger partial charge in [0.15, 0.2) is 0 Å². The number of hydrogen-bond acceptors (Lipinski definition) is 3. The van der Waals surface area contributed by atoms with Gasteiger partial charge in [-0.25, -0.2) is 0 Å². The largest absolute Gasteiger partial charge is 0.376 e. The van der Waals surface area contributed by atoms with E-state index in [1.807, 2.05) is 19.1 Å². The quantitative estimate of drug-likeness (QED) is 0.880. The predicted molar refractivity (Wildman–Crippen MR) is 89.5 cm³/mol. The van der Waals surface area contributed by atoms with Crippen molar-refractivity contribution in [1.29, 1.82) is 5.26 Å². The third-order valence-electron chi connectivity index (χ3n) is 3.01. The fourth-order valence-electron chi connectivity index (χ4n) is 1.85. The minimum atomic E-state index is -0.222. The second-order valence-electron chi connectivity index (χ2n) is 4.67. The number of nitriles is 1. The van der Waals surface area contributed by atoms with E-state index < -0.39 is 0 Å². The van der Waals surface area contributed by atoms with Crippen molar-refractivity contribution in [2.24, 2.45) is 0 Å². The molecule has 0 heterocycles. The van der Waals surface area contributed by atoms with Crippen molar-refractivity contribution in [1.82, 2.24) is 0 Å². The van der Waals surface area contributed by atoms with Gasteiger partial charge < -0.3 is 10.6 Å². The first-order valence-corrected chi connectivity index (χ1v) is 7.24. The highest BCUT2D eigenvalue weighted by Crippen LogP contribution is 2.21. The maximum atomic E-state index is 11.9. The van der Waals surface area contributed by atoms with Crippen molar-refractivity contribution in [3.63, 3.8) is 0 Å². The van der Waals surface area contributed by atoms with Crippen molar-refractivity contribution >= 4 is 40.5 Å². The Morgan fingerprint density at radius 1 is 1.23 bits per heavy atom. The minimum Gasteiger partial charge on any atom is -0.376 e. The van der Waals surface area contributed by atoms with Crippen LogP contribution in [-0.2, 0) is 4.79 Å². The number of carbonyl (C=O) groups excluding carboxylic acids is 1. The number of benzene rings is 2. The van der Waals surface area contributed by atoms with E-state index in [9.17, 15) is 4.79 Å². The summed E-state index contributed by atoms with van der Waals surface area (Å²) < 4.78 is 0. The lowest BCUT2D eigenvalue weighted by Gasteiger charge is -2.10. The summed E-state index contributed by atoms with van der Waals surface area (Å²) in [6.07, 6.45) is 0. The number of nitrogens with zero attached hydrogens (tertiary/aromatic N) is 1. The van der Waals surface area contributed by atoms with Crippen molar-refractivity contribution < 1.29 is 4.79 Å². The molecule has 0 saturated heterocycles. The summed E-state index contributed by atoms with van der Waals surface area (Å²) in [7, 11) is 0. The summed E-state index contributed by atoms with van der Waals surface area (Å²) in [6, 6.07) is 12.1. The molecule has 2 rings (SSSR count). The van der Waals surface area contributed by atoms with E-state index in [-0.39, 0.29) is 12.5 Å². The van der Waals surface area contributed by atoms with Crippen molar-refractivity contribution in [2.75, 3.05) is 17.2 Å². The Hall–Kier alpha value is -2.22. The van der Waals surface area contributed by atoms with Gasteiger partial charge in [0.25, 0.3) is 0 Å². The van der Waals surface area contributed by atoms with Gasteiger partial charge in [-0.1, -0.05) is 29.3 Å². The van der Waals surface area contributed by atoms with E-state index in [1.165, 1.54) is 0 Å². The van der Waals surface area contributed by atoms with Crippen LogP contribution in [0.25, 0.3) is 0 Å². The number of hydrogen-bond donors (Lipinski definition) is 2. The molecular weight excluding hydrogens is 321 g/mol. The molecule has 6 heteroatoms. The first kappa shape index (κ1) is 16.2. The lowest BCUT2D eigenvalue weighted by atomic mass is 10.2. The van der Waals surface area contributed by atoms with Crippen LogP contribution >= 0.6 is 23.2 Å². The van der Waals surface area contributed by atoms with Crippen LogP contribution in [0.3, 0.4) is 0 Å². The highest BCUT2D eigenvalue weighted by Gasteiger charge is 2.06. The molecule has 4 nitrogen and oxygen atoms in total. The molecule has 0 atom stereocenters. The second-order valence-corrected chi connectivity index (χ2v) is 5.51. The molecule has 0 unspecified atom stereocenters. The Morgan fingerprint density at radius 3 is 2.68 bits per heavy atom. The summed E-state index contributed by atoms with van der Waals surface area (Å²) >= 11 is 11.8. The molecule has 22 heavy (non-hydrogen) atoms. The first-order valence-electron chi connectivity index (χ1n) is 6.49. The van der Waals surface area contributed by atoms with Crippen LogP contribution in [0.1, 0.15) is 11.1 Å². The van der Waals surface area contributed by atoms with Crippen LogP contribution in [0, 0.1) is 18.3 Å². The first-order chi connectivity index (χ1) is 10.5. The smallest absolute Gasteiger partial charge is 0.243 e. The molecule has 0 saturated carbocycles. The maximum Gasteiger partial charge on any atom is 0.243 e. The predicted octanol–water partition coefficient (Wildman–Crippen LogP) is 4.22. The summed E-state index contributed by atoms with van der Waals surface area (Å²) in [5, 5.41) is 15.5. The van der Waals surface area contributed by atoms with E-state index in [4.69, 9.17) is 28.5 Å². The molecule has 2 aromatic carbocycles. The number of anilines is 2. The van der Waals surface area contributed by atoms with Gasteiger partial charge in [-0.3, -0.25) is 4.79 Å². The topological polar surface area (TPSA) is 64.9 Å². The number of halogens is 2. The van der Waals surface area contributed by atoms with Gasteiger partial charge in [0.2, 0.25) is 5.91 Å². The molecule has 0 radical (unpaired) electrons. The monoisotopic (exact) mass is 333 g/mol. The van der Waals surface area contributed by atoms with Crippen LogP contribution in [-0.4, -0.2) is 12.5 Å². The SMILES string of the molecule is Cc1ccc(Cl)cc1NCC(=O)Nc1ccc(C#N)c(Cl)c1. The molecule has 2 aromatic rings. The molecule has 0 aliphatic carbocycles. The molecule has 0 aliphatic rings. The minimum absolute atomic E-state index is 0.0960. The zero-order valence-corrected chi connectivity index (χ0v) is 13.3. The zero-order chi connectivity index (χ0) is 16.1. The summed E-state index contributed by atoms with van der Waals surface area (Å²) in [4.78, 5) is 11.9. The highest BCUT2D eigenvalue weighted by atomic mass is 35.5. The van der Waals surface area contributed by atoms with Gasteiger partial charge in [-0.15, -0.1) is 0 Å². The third-order valence-corrected chi connectivity index (χ3v) is 3.56. The Balaban J connectivity index is 1.97. The standard InChI is InChI=1S/C16H13Cl2N3O/c1-10-2-4-12(17)6-15(10)20-9-16(22)21-13-5-3-11(8-19)14(18)7-13/h2-7,20H,9H2,1H3,(H,21,22). The van der Waals surface area contributed by atoms with Crippen LogP contribution < -0.4 is 10.6 Å². The van der Waals surface area contributed by atoms with Crippen molar-refractivity contribution in [3.8, 4) is 6.07 Å².